The van der Waals surface area contributed by atoms with Crippen molar-refractivity contribution >= 4 is 11.6 Å². The smallest absolute Gasteiger partial charge is 0.140 e. The van der Waals surface area contributed by atoms with E-state index in [-0.39, 0.29) is 18.0 Å². The molecule has 0 radical (unpaired) electrons. The van der Waals surface area contributed by atoms with Crippen molar-refractivity contribution in [2.24, 2.45) is 0 Å². The maximum Gasteiger partial charge on any atom is 0.140 e. The zero-order valence-corrected chi connectivity index (χ0v) is 20.1. The van der Waals surface area contributed by atoms with Crippen molar-refractivity contribution in [2.75, 3.05) is 0 Å². The first-order valence-corrected chi connectivity index (χ1v) is 13.2. The van der Waals surface area contributed by atoms with Gasteiger partial charge in [0, 0.05) is 12.8 Å². The van der Waals surface area contributed by atoms with E-state index in [1.807, 2.05) is 6.92 Å². The van der Waals surface area contributed by atoms with E-state index >= 15 is 0 Å². The maximum atomic E-state index is 11.7. The third-order valence-corrected chi connectivity index (χ3v) is 5.98. The Morgan fingerprint density at radius 3 is 1.03 bits per heavy atom. The SMILES string of the molecule is CCCCCCCCCCCCCCCCCCCCCC(=O)CC(=O)CCC. The normalized spacial score (nSPS) is 11.1. The van der Waals surface area contributed by atoms with Crippen LogP contribution in [-0.2, 0) is 9.59 Å². The van der Waals surface area contributed by atoms with Gasteiger partial charge in [0.05, 0.1) is 6.42 Å². The summed E-state index contributed by atoms with van der Waals surface area (Å²) in [5.74, 6) is 0.269. The molecule has 2 heteroatoms. The third kappa shape index (κ3) is 23.5. The van der Waals surface area contributed by atoms with Gasteiger partial charge in [-0.15, -0.1) is 0 Å². The lowest BCUT2D eigenvalue weighted by Gasteiger charge is -2.04. The third-order valence-electron chi connectivity index (χ3n) is 5.98. The predicted molar refractivity (Wildman–Crippen MR) is 128 cm³/mol. The van der Waals surface area contributed by atoms with Gasteiger partial charge in [-0.2, -0.15) is 0 Å². The number of carbonyl (C=O) groups is 2. The molecule has 29 heavy (non-hydrogen) atoms. The van der Waals surface area contributed by atoms with Crippen molar-refractivity contribution < 1.29 is 9.59 Å². The molecule has 0 aliphatic rings. The van der Waals surface area contributed by atoms with E-state index < -0.39 is 0 Å². The van der Waals surface area contributed by atoms with Crippen LogP contribution < -0.4 is 0 Å². The van der Waals surface area contributed by atoms with Crippen molar-refractivity contribution in [1.29, 1.82) is 0 Å². The topological polar surface area (TPSA) is 34.1 Å². The molecule has 0 rings (SSSR count). The van der Waals surface area contributed by atoms with Crippen LogP contribution in [-0.4, -0.2) is 11.6 Å². The fraction of sp³-hybridized carbons (Fsp3) is 0.926. The quantitative estimate of drug-likeness (QED) is 0.118. The van der Waals surface area contributed by atoms with Gasteiger partial charge in [-0.1, -0.05) is 129 Å². The van der Waals surface area contributed by atoms with Crippen molar-refractivity contribution in [1.82, 2.24) is 0 Å². The molecule has 0 aromatic heterocycles. The lowest BCUT2D eigenvalue weighted by Crippen LogP contribution is -2.07. The second kappa shape index (κ2) is 23.6. The summed E-state index contributed by atoms with van der Waals surface area (Å²) in [6, 6.07) is 0. The second-order valence-corrected chi connectivity index (χ2v) is 9.12. The van der Waals surface area contributed by atoms with E-state index in [0.29, 0.717) is 12.8 Å². The molecule has 0 N–H and O–H groups in total. The Morgan fingerprint density at radius 1 is 0.379 bits per heavy atom. The molecule has 0 amide bonds. The zero-order chi connectivity index (χ0) is 21.4. The summed E-state index contributed by atoms with van der Waals surface area (Å²) in [5.41, 5.74) is 0. The second-order valence-electron chi connectivity index (χ2n) is 9.12. The Kier molecular flexibility index (Phi) is 23.1. The summed E-state index contributed by atoms with van der Waals surface area (Å²) >= 11 is 0. The first kappa shape index (κ1) is 28.3. The van der Waals surface area contributed by atoms with Crippen molar-refractivity contribution in [2.45, 2.75) is 162 Å². The zero-order valence-electron chi connectivity index (χ0n) is 20.1. The van der Waals surface area contributed by atoms with Gasteiger partial charge in [0.25, 0.3) is 0 Å². The molecular weight excluding hydrogens is 356 g/mol. The van der Waals surface area contributed by atoms with Crippen molar-refractivity contribution in [3.63, 3.8) is 0 Å². The molecule has 0 bridgehead atoms. The average Bonchev–Trinajstić information content (AvgIpc) is 2.70. The molecular formula is C27H52O2. The highest BCUT2D eigenvalue weighted by Crippen LogP contribution is 2.15. The number of unbranched alkanes of at least 4 members (excludes halogenated alkanes) is 18. The minimum atomic E-state index is 0.121. The molecule has 0 fully saturated rings. The van der Waals surface area contributed by atoms with Gasteiger partial charge in [0.15, 0.2) is 0 Å². The maximum absolute atomic E-state index is 11.7. The Balaban J connectivity index is 3.13. The minimum absolute atomic E-state index is 0.121. The van der Waals surface area contributed by atoms with E-state index in [9.17, 15) is 9.59 Å². The lowest BCUT2D eigenvalue weighted by molar-refractivity contribution is -0.127. The monoisotopic (exact) mass is 408 g/mol. The summed E-state index contributed by atoms with van der Waals surface area (Å²) in [7, 11) is 0. The molecule has 0 unspecified atom stereocenters. The first-order chi connectivity index (χ1) is 14.2. The van der Waals surface area contributed by atoms with E-state index in [2.05, 4.69) is 6.92 Å². The van der Waals surface area contributed by atoms with Crippen LogP contribution >= 0.6 is 0 Å². The molecule has 0 aromatic rings. The molecule has 0 aliphatic heterocycles. The summed E-state index contributed by atoms with van der Waals surface area (Å²) < 4.78 is 0. The highest BCUT2D eigenvalue weighted by atomic mass is 16.1. The predicted octanol–water partition coefficient (Wildman–Crippen LogP) is 9.14. The average molecular weight is 409 g/mol. The number of rotatable bonds is 24. The number of hydrogen-bond acceptors (Lipinski definition) is 2. The number of ketones is 2. The Hall–Kier alpha value is -0.660. The summed E-state index contributed by atoms with van der Waals surface area (Å²) in [6.45, 7) is 4.27. The van der Waals surface area contributed by atoms with E-state index in [1.165, 1.54) is 109 Å². The molecule has 0 spiro atoms. The Morgan fingerprint density at radius 2 is 0.690 bits per heavy atom. The van der Waals surface area contributed by atoms with Gasteiger partial charge in [-0.05, 0) is 12.8 Å². The highest BCUT2D eigenvalue weighted by molar-refractivity contribution is 5.98. The van der Waals surface area contributed by atoms with Crippen molar-refractivity contribution in [3.8, 4) is 0 Å². The molecule has 0 heterocycles. The van der Waals surface area contributed by atoms with Gasteiger partial charge in [0.2, 0.25) is 0 Å². The van der Waals surface area contributed by atoms with Gasteiger partial charge in [-0.25, -0.2) is 0 Å². The van der Waals surface area contributed by atoms with Crippen molar-refractivity contribution in [3.05, 3.63) is 0 Å². The molecule has 0 aromatic carbocycles. The summed E-state index contributed by atoms with van der Waals surface area (Å²) in [4.78, 5) is 23.1. The van der Waals surface area contributed by atoms with Crippen LogP contribution in [0.2, 0.25) is 0 Å². The lowest BCUT2D eigenvalue weighted by atomic mass is 10.0. The highest BCUT2D eigenvalue weighted by Gasteiger charge is 2.08. The molecule has 172 valence electrons. The fourth-order valence-corrected chi connectivity index (χ4v) is 4.08. The van der Waals surface area contributed by atoms with Crippen LogP contribution in [0.5, 0.6) is 0 Å². The van der Waals surface area contributed by atoms with Gasteiger partial charge >= 0.3 is 0 Å². The summed E-state index contributed by atoms with van der Waals surface area (Å²) in [5, 5.41) is 0. The largest absolute Gasteiger partial charge is 0.299 e. The fourth-order valence-electron chi connectivity index (χ4n) is 4.08. The van der Waals surface area contributed by atoms with Crippen LogP contribution in [0.4, 0.5) is 0 Å². The standard InChI is InChI=1S/C27H52O2/c1-3-5-6-7-8-9-10-11-12-13-14-15-16-17-18-19-20-21-22-24-27(29)25-26(28)23-4-2/h3-25H2,1-2H3. The van der Waals surface area contributed by atoms with Crippen LogP contribution in [0.1, 0.15) is 162 Å². The first-order valence-electron chi connectivity index (χ1n) is 13.2. The number of carbonyl (C=O) groups excluding carboxylic acids is 2. The van der Waals surface area contributed by atoms with Crippen LogP contribution in [0.15, 0.2) is 0 Å². The molecule has 0 aliphatic carbocycles. The number of Topliss-reactive ketones (excluding diaryl/α,β-unsaturated/α-hetero) is 2. The van der Waals surface area contributed by atoms with E-state index in [1.54, 1.807) is 0 Å². The number of hydrogen-bond donors (Lipinski definition) is 0. The minimum Gasteiger partial charge on any atom is -0.299 e. The molecule has 0 saturated carbocycles. The van der Waals surface area contributed by atoms with E-state index in [0.717, 1.165) is 19.3 Å². The van der Waals surface area contributed by atoms with Gasteiger partial charge < -0.3 is 0 Å². The van der Waals surface area contributed by atoms with Gasteiger partial charge in [0.1, 0.15) is 11.6 Å². The molecule has 0 saturated heterocycles. The Labute approximate surface area is 183 Å². The summed E-state index contributed by atoms with van der Waals surface area (Å²) in [6.07, 6.45) is 28.2. The Bertz CT molecular complexity index is 362. The molecule has 2 nitrogen and oxygen atoms in total. The van der Waals surface area contributed by atoms with Crippen LogP contribution in [0.3, 0.4) is 0 Å². The van der Waals surface area contributed by atoms with Crippen LogP contribution in [0.25, 0.3) is 0 Å². The van der Waals surface area contributed by atoms with Crippen LogP contribution in [0, 0.1) is 0 Å². The molecule has 0 atom stereocenters. The van der Waals surface area contributed by atoms with Gasteiger partial charge in [-0.3, -0.25) is 9.59 Å². The van der Waals surface area contributed by atoms with E-state index in [4.69, 9.17) is 0 Å².